The van der Waals surface area contributed by atoms with Crippen LogP contribution in [0.5, 0.6) is 5.75 Å². The number of piperidine rings is 1. The van der Waals surface area contributed by atoms with E-state index in [4.69, 9.17) is 18.9 Å². The van der Waals surface area contributed by atoms with Crippen molar-refractivity contribution in [3.05, 3.63) is 69.1 Å². The van der Waals surface area contributed by atoms with E-state index in [2.05, 4.69) is 5.32 Å². The summed E-state index contributed by atoms with van der Waals surface area (Å²) >= 11 is 0. The molecule has 5 heterocycles. The molecule has 4 fully saturated rings. The number of hydrogen-bond donors (Lipinski definition) is 6. The molecule has 0 spiro atoms. The number of carbonyl (C=O) groups is 4. The van der Waals surface area contributed by atoms with Gasteiger partial charge >= 0.3 is 18.0 Å². The lowest BCUT2D eigenvalue weighted by molar-refractivity contribution is -0.284. The number of aromatic nitrogens is 1. The van der Waals surface area contributed by atoms with E-state index in [0.29, 0.717) is 16.6 Å². The van der Waals surface area contributed by atoms with Gasteiger partial charge in [-0.3, -0.25) is 18.9 Å². The maximum Gasteiger partial charge on any atom is 0.414 e. The number of anilines is 2. The number of esters is 1. The fourth-order valence-corrected chi connectivity index (χ4v) is 7.71. The van der Waals surface area contributed by atoms with Gasteiger partial charge in [0, 0.05) is 38.9 Å². The fourth-order valence-electron chi connectivity index (χ4n) is 7.71. The Kier molecular flexibility index (Phi) is 11.1. The van der Waals surface area contributed by atoms with Crippen LogP contribution in [0.25, 0.3) is 5.52 Å². The van der Waals surface area contributed by atoms with E-state index in [9.17, 15) is 49.5 Å². The van der Waals surface area contributed by atoms with Crippen LogP contribution >= 0.6 is 0 Å². The monoisotopic (exact) mass is 816 g/mol. The van der Waals surface area contributed by atoms with Gasteiger partial charge in [0.05, 0.1) is 36.2 Å². The first-order valence-corrected chi connectivity index (χ1v) is 18.6. The van der Waals surface area contributed by atoms with E-state index in [-0.39, 0.29) is 68.0 Å². The van der Waals surface area contributed by atoms with Crippen LogP contribution < -0.4 is 25.4 Å². The van der Waals surface area contributed by atoms with Crippen molar-refractivity contribution in [2.75, 3.05) is 42.6 Å². The lowest BCUT2D eigenvalue weighted by Crippen LogP contribution is -2.61. The molecule has 1 unspecified atom stereocenters. The van der Waals surface area contributed by atoms with Crippen molar-refractivity contribution in [1.82, 2.24) is 9.72 Å². The van der Waals surface area contributed by atoms with Gasteiger partial charge in [0.2, 0.25) is 5.91 Å². The maximum absolute atomic E-state index is 16.0. The predicted octanol–water partition coefficient (Wildman–Crippen LogP) is 0.684. The quantitative estimate of drug-likeness (QED) is 0.146. The number of cyclic esters (lactones) is 1. The summed E-state index contributed by atoms with van der Waals surface area (Å²) in [6.07, 6.45) is -9.05. The zero-order valence-corrected chi connectivity index (χ0v) is 31.3. The Morgan fingerprint density at radius 3 is 2.34 bits per heavy atom. The van der Waals surface area contributed by atoms with E-state index in [1.54, 1.807) is 11.8 Å². The van der Waals surface area contributed by atoms with Gasteiger partial charge in [0.1, 0.15) is 42.2 Å². The van der Waals surface area contributed by atoms with Gasteiger partial charge in [-0.15, -0.1) is 0 Å². The van der Waals surface area contributed by atoms with E-state index < -0.39 is 89.8 Å². The van der Waals surface area contributed by atoms with Crippen LogP contribution in [0.3, 0.4) is 0 Å². The second-order valence-electron chi connectivity index (χ2n) is 15.0. The number of amides is 2. The van der Waals surface area contributed by atoms with Crippen LogP contribution in [0.1, 0.15) is 60.0 Å². The Balaban J connectivity index is 1.14. The summed E-state index contributed by atoms with van der Waals surface area (Å²) < 4.78 is 54.7. The number of nitrogens with zero attached hydrogens (tertiary/aromatic N) is 3. The van der Waals surface area contributed by atoms with E-state index in [1.165, 1.54) is 30.0 Å². The number of pyridine rings is 2. The second kappa shape index (κ2) is 15.7. The van der Waals surface area contributed by atoms with Crippen molar-refractivity contribution in [2.24, 2.45) is 0 Å². The first-order chi connectivity index (χ1) is 27.5. The number of rotatable bonds is 11. The number of carboxylic acid groups (broad SMARTS) is 1. The van der Waals surface area contributed by atoms with E-state index in [0.717, 1.165) is 29.5 Å². The van der Waals surface area contributed by atoms with Crippen molar-refractivity contribution in [1.29, 1.82) is 0 Å². The van der Waals surface area contributed by atoms with Gasteiger partial charge in [0.15, 0.2) is 29.8 Å². The average Bonchev–Trinajstić information content (AvgIpc) is 3.96. The SMILES string of the molecule is CC(=O)NCC1CN(c2ccc(OCC3(OC(=O)[C@H]4O[C@@H](O)[C@H](O)[C@@H](O)[C@@H]4O)CCN(c4c(F)cn5c(=O)c(C(=O)O)cc(C6CC6)c5c4C)CC3)c(F)c2)C(=O)O1. The number of nitrogens with one attached hydrogen (secondary N) is 1. The number of halogens is 2. The van der Waals surface area contributed by atoms with Crippen molar-refractivity contribution < 1.29 is 72.4 Å². The number of aliphatic hydroxyl groups is 4. The number of benzene rings is 1. The molecular weight excluding hydrogens is 774 g/mol. The van der Waals surface area contributed by atoms with Gasteiger partial charge < -0.3 is 54.7 Å². The molecule has 0 radical (unpaired) electrons. The normalized spacial score (nSPS) is 25.7. The van der Waals surface area contributed by atoms with E-state index >= 15 is 8.78 Å². The Hall–Kier alpha value is -5.41. The molecule has 3 aliphatic heterocycles. The lowest BCUT2D eigenvalue weighted by Gasteiger charge is -2.44. The Morgan fingerprint density at radius 2 is 1.71 bits per heavy atom. The summed E-state index contributed by atoms with van der Waals surface area (Å²) in [4.78, 5) is 65.2. The topological polar surface area (TPSA) is 246 Å². The molecule has 3 aromatic rings. The van der Waals surface area contributed by atoms with Crippen LogP contribution in [-0.2, 0) is 23.8 Å². The van der Waals surface area contributed by atoms with Crippen LogP contribution in [-0.4, -0.2) is 129 Å². The van der Waals surface area contributed by atoms with Crippen molar-refractivity contribution in [3.63, 3.8) is 0 Å². The highest BCUT2D eigenvalue weighted by atomic mass is 19.1. The molecule has 3 saturated heterocycles. The molecule has 1 saturated carbocycles. The molecular formula is C38H42F2N4O14. The molecule has 312 valence electrons. The summed E-state index contributed by atoms with van der Waals surface area (Å²) in [5.41, 5.74) is -1.36. The smallest absolute Gasteiger partial charge is 0.414 e. The molecule has 6 atom stereocenters. The molecule has 0 bridgehead atoms. The van der Waals surface area contributed by atoms with Crippen molar-refractivity contribution >= 4 is 40.8 Å². The highest BCUT2D eigenvalue weighted by molar-refractivity contribution is 5.90. The summed E-state index contributed by atoms with van der Waals surface area (Å²) in [6, 6.07) is 5.01. The van der Waals surface area contributed by atoms with Crippen LogP contribution in [0, 0.1) is 18.6 Å². The first kappa shape index (κ1) is 40.8. The number of hydrogen-bond acceptors (Lipinski definition) is 14. The number of carboxylic acids is 1. The number of aryl methyl sites for hydroxylation is 1. The van der Waals surface area contributed by atoms with Gasteiger partial charge in [-0.1, -0.05) is 0 Å². The highest BCUT2D eigenvalue weighted by Gasteiger charge is 2.50. The third kappa shape index (κ3) is 7.76. The number of carbonyl (C=O) groups excluding carboxylic acids is 3. The Morgan fingerprint density at radius 1 is 1.00 bits per heavy atom. The molecule has 1 aliphatic carbocycles. The van der Waals surface area contributed by atoms with Gasteiger partial charge in [-0.2, -0.15) is 0 Å². The molecule has 1 aromatic carbocycles. The molecule has 20 heteroatoms. The first-order valence-electron chi connectivity index (χ1n) is 18.6. The van der Waals surface area contributed by atoms with Gasteiger partial charge in [-0.25, -0.2) is 23.2 Å². The molecule has 4 aliphatic rings. The van der Waals surface area contributed by atoms with Crippen molar-refractivity contribution in [3.8, 4) is 5.75 Å². The molecule has 7 rings (SSSR count). The minimum Gasteiger partial charge on any atom is -0.486 e. The summed E-state index contributed by atoms with van der Waals surface area (Å²) in [6.45, 7) is 2.52. The number of aromatic carboxylic acids is 1. The molecule has 58 heavy (non-hydrogen) atoms. The average molecular weight is 817 g/mol. The van der Waals surface area contributed by atoms with Crippen molar-refractivity contribution in [2.45, 2.75) is 87.9 Å². The van der Waals surface area contributed by atoms with Gasteiger partial charge in [-0.05, 0) is 55.0 Å². The molecule has 18 nitrogen and oxygen atoms in total. The lowest BCUT2D eigenvalue weighted by atomic mass is 9.90. The molecule has 6 N–H and O–H groups in total. The summed E-state index contributed by atoms with van der Waals surface area (Å²) in [5, 5.41) is 53.0. The minimum absolute atomic E-state index is 0.00301. The number of aliphatic hydroxyl groups excluding tert-OH is 4. The van der Waals surface area contributed by atoms with Gasteiger partial charge in [0.25, 0.3) is 5.56 Å². The second-order valence-corrected chi connectivity index (χ2v) is 15.0. The Labute approximate surface area is 328 Å². The Bertz CT molecular complexity index is 2210. The fraction of sp³-hybridized carbons (Fsp3) is 0.500. The number of ether oxygens (including phenoxy) is 4. The largest absolute Gasteiger partial charge is 0.486 e. The molecule has 2 aromatic heterocycles. The highest BCUT2D eigenvalue weighted by Crippen LogP contribution is 2.44. The third-order valence-electron chi connectivity index (χ3n) is 11.0. The number of fused-ring (bicyclic) bond motifs is 1. The third-order valence-corrected chi connectivity index (χ3v) is 11.0. The zero-order valence-electron chi connectivity index (χ0n) is 31.3. The van der Waals surface area contributed by atoms with Crippen LogP contribution in [0.15, 0.2) is 35.3 Å². The predicted molar refractivity (Wildman–Crippen MR) is 195 cm³/mol. The summed E-state index contributed by atoms with van der Waals surface area (Å²) in [5.74, 6) is -5.03. The van der Waals surface area contributed by atoms with Crippen LogP contribution in [0.4, 0.5) is 25.0 Å². The maximum atomic E-state index is 16.0. The zero-order chi connectivity index (χ0) is 41.8. The minimum atomic E-state index is -2.05. The van der Waals surface area contributed by atoms with E-state index in [1.807, 2.05) is 0 Å². The standard InChI is InChI=1S/C38H42F2N4O14/c1-17-27-22(19-3-4-19)12-23(34(50)51)33(49)44(27)15-25(40)28(17)42-9-7-38(8-10-42,58-36(53)32-30(47)29(46)31(48)35(52)57-32)16-55-26-6-5-20(11-24(26)39)43-14-21(56-37(43)54)13-41-18(2)45/h5-6,11-12,15,19,21,29-32,35,46-48,52H,3-4,7-10,13-14,16H2,1-2H3,(H,41,45)(H,50,51)/t21?,29-,30-,31+,32-,35+/m0/s1. The molecule has 2 amide bonds. The summed E-state index contributed by atoms with van der Waals surface area (Å²) in [7, 11) is 0. The van der Waals surface area contributed by atoms with Crippen LogP contribution in [0.2, 0.25) is 0 Å².